The predicted molar refractivity (Wildman–Crippen MR) is 69.2 cm³/mol. The lowest BCUT2D eigenvalue weighted by atomic mass is 10.2. The molecule has 0 saturated heterocycles. The standard InChI is InChI=1S/C13H12N2O2S/c14-13(17)10-3-6-12(15-7-10)18-11-4-1-9(8-16)2-5-11/h1-7,16H,8H2,(H2,14,17). The van der Waals surface area contributed by atoms with Crippen LogP contribution in [0.15, 0.2) is 52.5 Å². The van der Waals surface area contributed by atoms with Gasteiger partial charge >= 0.3 is 0 Å². The molecule has 0 unspecified atom stereocenters. The van der Waals surface area contributed by atoms with E-state index in [1.54, 1.807) is 12.1 Å². The number of primary amides is 1. The van der Waals surface area contributed by atoms with Crippen LogP contribution in [0.4, 0.5) is 0 Å². The van der Waals surface area contributed by atoms with Gasteiger partial charge in [0.15, 0.2) is 0 Å². The third-order valence-electron chi connectivity index (χ3n) is 2.35. The zero-order valence-corrected chi connectivity index (χ0v) is 10.4. The number of aliphatic hydroxyl groups excluding tert-OH is 1. The molecule has 1 amide bonds. The molecule has 1 aromatic carbocycles. The molecule has 2 rings (SSSR count). The highest BCUT2D eigenvalue weighted by Gasteiger charge is 2.02. The van der Waals surface area contributed by atoms with E-state index >= 15 is 0 Å². The van der Waals surface area contributed by atoms with E-state index in [0.717, 1.165) is 15.5 Å². The lowest BCUT2D eigenvalue weighted by Gasteiger charge is -2.02. The number of carbonyl (C=O) groups excluding carboxylic acids is 1. The predicted octanol–water partition coefficient (Wildman–Crippen LogP) is 1.82. The van der Waals surface area contributed by atoms with Gasteiger partial charge < -0.3 is 10.8 Å². The number of aliphatic hydroxyl groups is 1. The molecule has 0 saturated carbocycles. The molecule has 1 aromatic heterocycles. The fourth-order valence-corrected chi connectivity index (χ4v) is 2.13. The Kier molecular flexibility index (Phi) is 3.96. The minimum atomic E-state index is -0.480. The molecule has 5 heteroatoms. The van der Waals surface area contributed by atoms with Crippen molar-refractivity contribution in [1.29, 1.82) is 0 Å². The molecule has 3 N–H and O–H groups in total. The largest absolute Gasteiger partial charge is 0.392 e. The van der Waals surface area contributed by atoms with E-state index in [4.69, 9.17) is 10.8 Å². The van der Waals surface area contributed by atoms with Crippen LogP contribution in [0.25, 0.3) is 0 Å². The first-order chi connectivity index (χ1) is 8.69. The first kappa shape index (κ1) is 12.6. The maximum Gasteiger partial charge on any atom is 0.250 e. The zero-order valence-electron chi connectivity index (χ0n) is 9.54. The monoisotopic (exact) mass is 260 g/mol. The van der Waals surface area contributed by atoms with Gasteiger partial charge in [-0.1, -0.05) is 23.9 Å². The fraction of sp³-hybridized carbons (Fsp3) is 0.0769. The molecule has 0 aliphatic heterocycles. The van der Waals surface area contributed by atoms with Crippen molar-refractivity contribution in [2.24, 2.45) is 5.73 Å². The summed E-state index contributed by atoms with van der Waals surface area (Å²) < 4.78 is 0. The van der Waals surface area contributed by atoms with Gasteiger partial charge in [-0.15, -0.1) is 0 Å². The van der Waals surface area contributed by atoms with Crippen molar-refractivity contribution in [3.63, 3.8) is 0 Å². The summed E-state index contributed by atoms with van der Waals surface area (Å²) in [7, 11) is 0. The quantitative estimate of drug-likeness (QED) is 0.879. The summed E-state index contributed by atoms with van der Waals surface area (Å²) in [6.07, 6.45) is 1.47. The summed E-state index contributed by atoms with van der Waals surface area (Å²) in [5, 5.41) is 9.73. The van der Waals surface area contributed by atoms with Crippen LogP contribution >= 0.6 is 11.8 Å². The number of carbonyl (C=O) groups is 1. The Labute approximate surface area is 109 Å². The maximum atomic E-state index is 10.9. The van der Waals surface area contributed by atoms with Gasteiger partial charge in [0.25, 0.3) is 0 Å². The summed E-state index contributed by atoms with van der Waals surface area (Å²) in [5.41, 5.74) is 6.41. The Morgan fingerprint density at radius 1 is 1.22 bits per heavy atom. The smallest absolute Gasteiger partial charge is 0.250 e. The van der Waals surface area contributed by atoms with Crippen molar-refractivity contribution in [2.75, 3.05) is 0 Å². The van der Waals surface area contributed by atoms with E-state index in [-0.39, 0.29) is 6.61 Å². The molecule has 0 atom stereocenters. The lowest BCUT2D eigenvalue weighted by molar-refractivity contribution is 0.1000. The Balaban J connectivity index is 2.10. The van der Waals surface area contributed by atoms with Gasteiger partial charge in [-0.05, 0) is 29.8 Å². The fourth-order valence-electron chi connectivity index (χ4n) is 1.37. The minimum Gasteiger partial charge on any atom is -0.392 e. The molecule has 2 aromatic rings. The maximum absolute atomic E-state index is 10.9. The first-order valence-electron chi connectivity index (χ1n) is 5.32. The summed E-state index contributed by atoms with van der Waals surface area (Å²) in [6, 6.07) is 11.0. The zero-order chi connectivity index (χ0) is 13.0. The van der Waals surface area contributed by atoms with Crippen molar-refractivity contribution in [2.45, 2.75) is 16.5 Å². The normalized spacial score (nSPS) is 10.3. The molecule has 0 aliphatic rings. The molecule has 4 nitrogen and oxygen atoms in total. The SMILES string of the molecule is NC(=O)c1ccc(Sc2ccc(CO)cc2)nc1. The number of hydrogen-bond donors (Lipinski definition) is 2. The number of hydrogen-bond acceptors (Lipinski definition) is 4. The third-order valence-corrected chi connectivity index (χ3v) is 3.31. The van der Waals surface area contributed by atoms with E-state index in [2.05, 4.69) is 4.98 Å². The van der Waals surface area contributed by atoms with E-state index < -0.39 is 5.91 Å². The molecular weight excluding hydrogens is 248 g/mol. The van der Waals surface area contributed by atoms with Gasteiger partial charge in [-0.2, -0.15) is 0 Å². The van der Waals surface area contributed by atoms with E-state index in [0.29, 0.717) is 5.56 Å². The van der Waals surface area contributed by atoms with Crippen molar-refractivity contribution < 1.29 is 9.90 Å². The Morgan fingerprint density at radius 3 is 2.44 bits per heavy atom. The summed E-state index contributed by atoms with van der Waals surface area (Å²) in [4.78, 5) is 16.1. The number of aromatic nitrogens is 1. The van der Waals surface area contributed by atoms with Crippen LogP contribution in [-0.4, -0.2) is 16.0 Å². The molecule has 0 bridgehead atoms. The Bertz CT molecular complexity index is 538. The highest BCUT2D eigenvalue weighted by atomic mass is 32.2. The number of rotatable bonds is 4. The average molecular weight is 260 g/mol. The highest BCUT2D eigenvalue weighted by Crippen LogP contribution is 2.26. The van der Waals surface area contributed by atoms with Crippen LogP contribution in [0.2, 0.25) is 0 Å². The van der Waals surface area contributed by atoms with E-state index in [1.807, 2.05) is 24.3 Å². The number of benzene rings is 1. The molecule has 0 aliphatic carbocycles. The van der Waals surface area contributed by atoms with Gasteiger partial charge in [0.05, 0.1) is 12.2 Å². The number of pyridine rings is 1. The molecule has 0 spiro atoms. The number of nitrogens with zero attached hydrogens (tertiary/aromatic N) is 1. The van der Waals surface area contributed by atoms with Crippen LogP contribution in [0.5, 0.6) is 0 Å². The molecule has 1 heterocycles. The minimum absolute atomic E-state index is 0.0382. The molecule has 18 heavy (non-hydrogen) atoms. The topological polar surface area (TPSA) is 76.2 Å². The van der Waals surface area contributed by atoms with Gasteiger partial charge in [0.2, 0.25) is 5.91 Å². The third kappa shape index (κ3) is 3.09. The van der Waals surface area contributed by atoms with Gasteiger partial charge in [0, 0.05) is 11.1 Å². The highest BCUT2D eigenvalue weighted by molar-refractivity contribution is 7.99. The summed E-state index contributed by atoms with van der Waals surface area (Å²) >= 11 is 1.48. The second-order valence-corrected chi connectivity index (χ2v) is 4.75. The van der Waals surface area contributed by atoms with Gasteiger partial charge in [0.1, 0.15) is 5.03 Å². The second kappa shape index (κ2) is 5.66. The molecular formula is C13H12N2O2S. The Hall–Kier alpha value is -1.85. The Morgan fingerprint density at radius 2 is 1.94 bits per heavy atom. The summed E-state index contributed by atoms with van der Waals surface area (Å²) in [5.74, 6) is -0.480. The van der Waals surface area contributed by atoms with Crippen LogP contribution in [0, 0.1) is 0 Å². The van der Waals surface area contributed by atoms with Crippen LogP contribution in [-0.2, 0) is 6.61 Å². The van der Waals surface area contributed by atoms with Gasteiger partial charge in [-0.25, -0.2) is 4.98 Å². The first-order valence-corrected chi connectivity index (χ1v) is 6.14. The molecule has 0 radical (unpaired) electrons. The molecule has 0 fully saturated rings. The molecule has 92 valence electrons. The van der Waals surface area contributed by atoms with Crippen molar-refractivity contribution in [3.05, 3.63) is 53.7 Å². The van der Waals surface area contributed by atoms with E-state index in [1.165, 1.54) is 18.0 Å². The average Bonchev–Trinajstić information content (AvgIpc) is 2.40. The number of nitrogens with two attached hydrogens (primary N) is 1. The van der Waals surface area contributed by atoms with Crippen LogP contribution < -0.4 is 5.73 Å². The van der Waals surface area contributed by atoms with Crippen molar-refractivity contribution in [3.8, 4) is 0 Å². The van der Waals surface area contributed by atoms with Gasteiger partial charge in [-0.3, -0.25) is 4.79 Å². The second-order valence-electron chi connectivity index (χ2n) is 3.65. The van der Waals surface area contributed by atoms with Crippen LogP contribution in [0.3, 0.4) is 0 Å². The van der Waals surface area contributed by atoms with Crippen LogP contribution in [0.1, 0.15) is 15.9 Å². The van der Waals surface area contributed by atoms with Crippen molar-refractivity contribution in [1.82, 2.24) is 4.98 Å². The lowest BCUT2D eigenvalue weighted by Crippen LogP contribution is -2.10. The summed E-state index contributed by atoms with van der Waals surface area (Å²) in [6.45, 7) is 0.0382. The number of amides is 1. The van der Waals surface area contributed by atoms with E-state index in [9.17, 15) is 4.79 Å². The van der Waals surface area contributed by atoms with Crippen molar-refractivity contribution >= 4 is 17.7 Å².